The molecule has 10 heteroatoms. The Bertz CT molecular complexity index is 1120. The zero-order valence-electron chi connectivity index (χ0n) is 21.9. The van der Waals surface area contributed by atoms with Gasteiger partial charge in [-0.2, -0.15) is 0 Å². The maximum atomic E-state index is 12.6. The summed E-state index contributed by atoms with van der Waals surface area (Å²) < 4.78 is 10.9. The molecule has 2 amide bonds. The Morgan fingerprint density at radius 1 is 0.974 bits per heavy atom. The SMILES string of the molecule is CC(C)(C)OC(=O)N[C@H](C[Se]C[C@H](NC(=O)OCC1c2ccccc2-c2ccccc21)C(=O)O)N1CCC1. The Hall–Kier alpha value is -3.07. The van der Waals surface area contributed by atoms with Gasteiger partial charge in [-0.1, -0.05) is 0 Å². The maximum absolute atomic E-state index is 12.6. The van der Waals surface area contributed by atoms with Gasteiger partial charge >= 0.3 is 230 Å². The van der Waals surface area contributed by atoms with Crippen molar-refractivity contribution in [1.29, 1.82) is 0 Å². The van der Waals surface area contributed by atoms with Crippen molar-refractivity contribution in [1.82, 2.24) is 15.5 Å². The first kappa shape index (κ1) is 28.0. The van der Waals surface area contributed by atoms with E-state index in [-0.39, 0.29) is 39.0 Å². The van der Waals surface area contributed by atoms with Crippen LogP contribution in [-0.4, -0.2) is 80.6 Å². The number of carboxylic acids is 1. The molecule has 0 unspecified atom stereocenters. The summed E-state index contributed by atoms with van der Waals surface area (Å²) in [4.78, 5) is 38.9. The van der Waals surface area contributed by atoms with Crippen molar-refractivity contribution < 1.29 is 29.0 Å². The number of ether oxygens (including phenoxy) is 2. The molecule has 9 nitrogen and oxygen atoms in total. The molecule has 0 aromatic heterocycles. The minimum absolute atomic E-state index is 0.100. The van der Waals surface area contributed by atoms with Crippen LogP contribution in [-0.2, 0) is 14.3 Å². The molecule has 4 rings (SSSR count). The van der Waals surface area contributed by atoms with Gasteiger partial charge in [0.15, 0.2) is 0 Å². The van der Waals surface area contributed by atoms with Crippen LogP contribution in [0.25, 0.3) is 11.1 Å². The zero-order valence-corrected chi connectivity index (χ0v) is 23.7. The fourth-order valence-electron chi connectivity index (χ4n) is 4.59. The molecule has 0 saturated carbocycles. The molecule has 2 aromatic rings. The van der Waals surface area contributed by atoms with Gasteiger partial charge in [0.2, 0.25) is 0 Å². The molecular weight excluding hydrogens is 553 g/mol. The summed E-state index contributed by atoms with van der Waals surface area (Å²) in [6.07, 6.45) is -0.402. The third kappa shape index (κ3) is 7.07. The van der Waals surface area contributed by atoms with Crippen LogP contribution in [0.15, 0.2) is 48.5 Å². The molecule has 1 fully saturated rings. The number of benzene rings is 2. The van der Waals surface area contributed by atoms with Crippen molar-refractivity contribution >= 4 is 33.1 Å². The summed E-state index contributed by atoms with van der Waals surface area (Å²) in [6.45, 7) is 7.28. The van der Waals surface area contributed by atoms with Crippen molar-refractivity contribution in [2.45, 2.75) is 61.6 Å². The Balaban J connectivity index is 1.29. The van der Waals surface area contributed by atoms with Gasteiger partial charge in [0, 0.05) is 0 Å². The quantitative estimate of drug-likeness (QED) is 0.358. The molecule has 0 bridgehead atoms. The molecule has 1 saturated heterocycles. The second-order valence-electron chi connectivity index (χ2n) is 10.4. The molecule has 3 N–H and O–H groups in total. The molecule has 1 aliphatic heterocycles. The van der Waals surface area contributed by atoms with Gasteiger partial charge in [-0.3, -0.25) is 0 Å². The van der Waals surface area contributed by atoms with E-state index in [4.69, 9.17) is 9.47 Å². The van der Waals surface area contributed by atoms with E-state index in [2.05, 4.69) is 27.7 Å². The second kappa shape index (κ2) is 12.2. The van der Waals surface area contributed by atoms with Gasteiger partial charge in [-0.25, -0.2) is 0 Å². The normalized spacial score (nSPS) is 16.4. The van der Waals surface area contributed by atoms with E-state index < -0.39 is 29.8 Å². The molecular formula is C28H35N3O6Se. The summed E-state index contributed by atoms with van der Waals surface area (Å²) in [5, 5.41) is 16.0. The molecule has 38 heavy (non-hydrogen) atoms. The first-order valence-corrected chi connectivity index (χ1v) is 15.2. The number of hydrogen-bond donors (Lipinski definition) is 3. The summed E-state index contributed by atoms with van der Waals surface area (Å²) in [5.41, 5.74) is 3.83. The van der Waals surface area contributed by atoms with E-state index >= 15 is 0 Å². The van der Waals surface area contributed by atoms with Crippen molar-refractivity contribution in [3.8, 4) is 11.1 Å². The number of carbonyl (C=O) groups is 3. The van der Waals surface area contributed by atoms with Crippen LogP contribution in [0.3, 0.4) is 0 Å². The average molecular weight is 589 g/mol. The Labute approximate surface area is 229 Å². The average Bonchev–Trinajstić information content (AvgIpc) is 3.13. The number of rotatable bonds is 10. The van der Waals surface area contributed by atoms with Crippen LogP contribution in [0.5, 0.6) is 0 Å². The van der Waals surface area contributed by atoms with Crippen molar-refractivity contribution in [2.75, 3.05) is 19.7 Å². The monoisotopic (exact) mass is 589 g/mol. The van der Waals surface area contributed by atoms with Crippen LogP contribution in [0.1, 0.15) is 44.2 Å². The second-order valence-corrected chi connectivity index (χ2v) is 12.7. The fraction of sp³-hybridized carbons (Fsp3) is 0.464. The third-order valence-electron chi connectivity index (χ3n) is 6.51. The Kier molecular flexibility index (Phi) is 8.97. The molecule has 2 aromatic carbocycles. The third-order valence-corrected chi connectivity index (χ3v) is 8.86. The number of fused-ring (bicyclic) bond motifs is 3. The molecule has 2 atom stereocenters. The fourth-order valence-corrected chi connectivity index (χ4v) is 6.93. The number of aliphatic carboxylic acids is 1. The van der Waals surface area contributed by atoms with Crippen LogP contribution < -0.4 is 10.6 Å². The number of likely N-dealkylation sites (tertiary alicyclic amines) is 1. The van der Waals surface area contributed by atoms with Gasteiger partial charge in [0.05, 0.1) is 0 Å². The van der Waals surface area contributed by atoms with E-state index in [0.717, 1.165) is 41.8 Å². The molecule has 0 spiro atoms. The zero-order chi connectivity index (χ0) is 27.3. The molecule has 204 valence electrons. The number of amides is 2. The van der Waals surface area contributed by atoms with Gasteiger partial charge in [0.25, 0.3) is 0 Å². The first-order valence-electron chi connectivity index (χ1n) is 12.8. The van der Waals surface area contributed by atoms with Crippen molar-refractivity contribution in [3.63, 3.8) is 0 Å². The molecule has 1 aliphatic carbocycles. The first-order chi connectivity index (χ1) is 18.1. The van der Waals surface area contributed by atoms with Crippen LogP contribution >= 0.6 is 0 Å². The Morgan fingerprint density at radius 2 is 1.58 bits per heavy atom. The standard InChI is InChI=1S/C28H35N3O6Se/c1-28(2,3)37-27(35)30-24(31-13-8-14-31)17-38-16-23(25(32)33)29-26(34)36-15-22-20-11-6-4-9-18(20)19-10-5-7-12-21(19)22/h4-7,9-12,22-24H,8,13-17H2,1-3H3,(H,29,34)(H,30,35)(H,32,33)/t23-,24-/m0/s1. The summed E-state index contributed by atoms with van der Waals surface area (Å²) in [5.74, 6) is -1.21. The van der Waals surface area contributed by atoms with E-state index in [0.29, 0.717) is 5.32 Å². The number of nitrogens with one attached hydrogen (secondary N) is 2. The van der Waals surface area contributed by atoms with E-state index in [9.17, 15) is 19.5 Å². The van der Waals surface area contributed by atoms with E-state index in [1.165, 1.54) is 0 Å². The van der Waals surface area contributed by atoms with Crippen LogP contribution in [0.2, 0.25) is 10.6 Å². The summed E-state index contributed by atoms with van der Waals surface area (Å²) >= 11 is -0.158. The topological polar surface area (TPSA) is 117 Å². The van der Waals surface area contributed by atoms with E-state index in [1.54, 1.807) is 0 Å². The number of alkyl carbamates (subject to hydrolysis) is 2. The van der Waals surface area contributed by atoms with Gasteiger partial charge in [-0.05, 0) is 0 Å². The predicted molar refractivity (Wildman–Crippen MR) is 144 cm³/mol. The molecule has 2 aliphatic rings. The Morgan fingerprint density at radius 3 is 2.11 bits per heavy atom. The number of carboxylic acid groups (broad SMARTS) is 1. The van der Waals surface area contributed by atoms with Crippen molar-refractivity contribution in [2.24, 2.45) is 0 Å². The predicted octanol–water partition coefficient (Wildman–Crippen LogP) is 4.08. The van der Waals surface area contributed by atoms with Crippen LogP contribution in [0, 0.1) is 0 Å². The van der Waals surface area contributed by atoms with Crippen molar-refractivity contribution in [3.05, 3.63) is 59.7 Å². The van der Waals surface area contributed by atoms with E-state index in [1.807, 2.05) is 57.2 Å². The van der Waals surface area contributed by atoms with Gasteiger partial charge in [-0.15, -0.1) is 0 Å². The molecule has 1 heterocycles. The molecule has 0 radical (unpaired) electrons. The van der Waals surface area contributed by atoms with Gasteiger partial charge in [0.1, 0.15) is 0 Å². The number of hydrogen-bond acceptors (Lipinski definition) is 6. The number of nitrogens with zero attached hydrogens (tertiary/aromatic N) is 1. The van der Waals surface area contributed by atoms with Crippen LogP contribution in [0.4, 0.5) is 9.59 Å². The minimum atomic E-state index is -1.11. The summed E-state index contributed by atoms with van der Waals surface area (Å²) in [7, 11) is 0. The number of carbonyl (C=O) groups excluding carboxylic acids is 2. The van der Waals surface area contributed by atoms with Gasteiger partial charge < -0.3 is 0 Å². The summed E-state index contributed by atoms with van der Waals surface area (Å²) in [6, 6.07) is 15.0.